The van der Waals surface area contributed by atoms with Crippen LogP contribution in [0, 0.1) is 6.92 Å². The molecular formula is C12H16ClNOS. The lowest BCUT2D eigenvalue weighted by Gasteiger charge is -2.12. The molecule has 0 spiro atoms. The molecule has 16 heavy (non-hydrogen) atoms. The van der Waals surface area contributed by atoms with E-state index in [2.05, 4.69) is 4.40 Å². The topological polar surface area (TPSA) is 29.4 Å². The number of rotatable bonds is 2. The highest BCUT2D eigenvalue weighted by Gasteiger charge is 2.18. The van der Waals surface area contributed by atoms with Crippen molar-refractivity contribution in [3.8, 4) is 0 Å². The van der Waals surface area contributed by atoms with E-state index in [1.165, 1.54) is 0 Å². The lowest BCUT2D eigenvalue weighted by atomic mass is 10.1. The summed E-state index contributed by atoms with van der Waals surface area (Å²) in [6.45, 7) is 7.65. The second-order valence-corrected chi connectivity index (χ2v) is 6.97. The first-order valence-electron chi connectivity index (χ1n) is 5.03. The lowest BCUT2D eigenvalue weighted by molar-refractivity contribution is 0.651. The molecule has 0 amide bonds. The Bertz CT molecular complexity index is 435. The fourth-order valence-corrected chi connectivity index (χ4v) is 1.80. The van der Waals surface area contributed by atoms with Crippen LogP contribution in [0.25, 0.3) is 0 Å². The van der Waals surface area contributed by atoms with Crippen LogP contribution in [0.2, 0.25) is 5.02 Å². The van der Waals surface area contributed by atoms with Gasteiger partial charge < -0.3 is 0 Å². The van der Waals surface area contributed by atoms with Crippen LogP contribution in [0.4, 0.5) is 0 Å². The molecule has 1 aromatic carbocycles. The van der Waals surface area contributed by atoms with E-state index >= 15 is 0 Å². The maximum absolute atomic E-state index is 11.7. The number of aryl methyl sites for hydroxylation is 1. The number of halogens is 1. The molecule has 0 unspecified atom stereocenters. The zero-order valence-corrected chi connectivity index (χ0v) is 11.5. The van der Waals surface area contributed by atoms with Gasteiger partial charge in [0, 0.05) is 11.2 Å². The second kappa shape index (κ2) is 5.11. The molecule has 0 N–H and O–H groups in total. The summed E-state index contributed by atoms with van der Waals surface area (Å²) >= 11 is 5.85. The zero-order chi connectivity index (χ0) is 12.3. The monoisotopic (exact) mass is 257 g/mol. The number of hydrogen-bond acceptors (Lipinski definition) is 1. The SMILES string of the molecule is Cc1cc(Cl)ccc1/C=N/[S@@](=O)C(C)(C)C. The lowest BCUT2D eigenvalue weighted by Crippen LogP contribution is -2.19. The highest BCUT2D eigenvalue weighted by molar-refractivity contribution is 7.85. The Hall–Kier alpha value is -0.670. The first kappa shape index (κ1) is 13.4. The van der Waals surface area contributed by atoms with Crippen molar-refractivity contribution in [2.24, 2.45) is 4.40 Å². The van der Waals surface area contributed by atoms with E-state index in [1.54, 1.807) is 12.3 Å². The molecule has 0 heterocycles. The van der Waals surface area contributed by atoms with Gasteiger partial charge in [-0.2, -0.15) is 4.40 Å². The Morgan fingerprint density at radius 2 is 2.00 bits per heavy atom. The molecule has 0 bridgehead atoms. The van der Waals surface area contributed by atoms with E-state index in [9.17, 15) is 4.21 Å². The van der Waals surface area contributed by atoms with E-state index in [0.29, 0.717) is 5.02 Å². The molecule has 0 aliphatic rings. The van der Waals surface area contributed by atoms with Crippen molar-refractivity contribution in [2.75, 3.05) is 0 Å². The molecule has 1 atom stereocenters. The average molecular weight is 258 g/mol. The minimum Gasteiger partial charge on any atom is -0.234 e. The standard InChI is InChI=1S/C12H16ClNOS/c1-9-7-11(13)6-5-10(9)8-14-16(15)12(2,3)4/h5-8H,1-4H3/b14-8+/t16-/m0/s1. The summed E-state index contributed by atoms with van der Waals surface area (Å²) in [6.07, 6.45) is 1.65. The first-order chi connectivity index (χ1) is 7.30. The minimum absolute atomic E-state index is 0.323. The second-order valence-electron chi connectivity index (χ2n) is 4.60. The van der Waals surface area contributed by atoms with Gasteiger partial charge in [-0.05, 0) is 51.0 Å². The van der Waals surface area contributed by atoms with Gasteiger partial charge in [-0.1, -0.05) is 17.7 Å². The summed E-state index contributed by atoms with van der Waals surface area (Å²) in [6, 6.07) is 5.54. The molecular weight excluding hydrogens is 242 g/mol. The molecule has 4 heteroatoms. The summed E-state index contributed by atoms with van der Waals surface area (Å²) < 4.78 is 15.4. The predicted octanol–water partition coefficient (Wildman–Crippen LogP) is 3.53. The summed E-state index contributed by atoms with van der Waals surface area (Å²) in [7, 11) is -1.21. The van der Waals surface area contributed by atoms with Crippen molar-refractivity contribution < 1.29 is 4.21 Å². The minimum atomic E-state index is -1.21. The molecule has 88 valence electrons. The van der Waals surface area contributed by atoms with Gasteiger partial charge in [-0.15, -0.1) is 0 Å². The fraction of sp³-hybridized carbons (Fsp3) is 0.417. The van der Waals surface area contributed by atoms with Gasteiger partial charge in [0.15, 0.2) is 0 Å². The highest BCUT2D eigenvalue weighted by Crippen LogP contribution is 2.15. The zero-order valence-electron chi connectivity index (χ0n) is 9.95. The summed E-state index contributed by atoms with van der Waals surface area (Å²) in [5.41, 5.74) is 1.98. The third kappa shape index (κ3) is 3.72. The summed E-state index contributed by atoms with van der Waals surface area (Å²) in [4.78, 5) is 0. The van der Waals surface area contributed by atoms with Crippen molar-refractivity contribution in [1.29, 1.82) is 0 Å². The van der Waals surface area contributed by atoms with Crippen LogP contribution in [0.15, 0.2) is 22.6 Å². The van der Waals surface area contributed by atoms with Crippen molar-refractivity contribution in [3.63, 3.8) is 0 Å². The van der Waals surface area contributed by atoms with Crippen molar-refractivity contribution in [1.82, 2.24) is 0 Å². The Morgan fingerprint density at radius 3 is 2.50 bits per heavy atom. The summed E-state index contributed by atoms with van der Waals surface area (Å²) in [5.74, 6) is 0. The van der Waals surface area contributed by atoms with Gasteiger partial charge in [0.25, 0.3) is 0 Å². The molecule has 0 fully saturated rings. The Kier molecular flexibility index (Phi) is 4.28. The molecule has 1 aromatic rings. The van der Waals surface area contributed by atoms with Crippen LogP contribution < -0.4 is 0 Å². The van der Waals surface area contributed by atoms with Gasteiger partial charge >= 0.3 is 0 Å². The van der Waals surface area contributed by atoms with Crippen molar-refractivity contribution in [3.05, 3.63) is 34.3 Å². The number of nitrogens with zero attached hydrogens (tertiary/aromatic N) is 1. The van der Waals surface area contributed by atoms with Crippen LogP contribution in [0.5, 0.6) is 0 Å². The maximum Gasteiger partial charge on any atom is 0.144 e. The molecule has 1 rings (SSSR count). The molecule has 0 saturated heterocycles. The smallest absolute Gasteiger partial charge is 0.144 e. The summed E-state index contributed by atoms with van der Waals surface area (Å²) in [5, 5.41) is 0.701. The van der Waals surface area contributed by atoms with E-state index in [-0.39, 0.29) is 4.75 Å². The molecule has 0 aliphatic carbocycles. The maximum atomic E-state index is 11.7. The van der Waals surface area contributed by atoms with Crippen LogP contribution in [0.1, 0.15) is 31.9 Å². The van der Waals surface area contributed by atoms with Gasteiger partial charge in [0.05, 0.1) is 4.75 Å². The first-order valence-corrected chi connectivity index (χ1v) is 6.51. The Morgan fingerprint density at radius 1 is 1.38 bits per heavy atom. The number of benzene rings is 1. The average Bonchev–Trinajstić information content (AvgIpc) is 2.14. The normalized spacial score (nSPS) is 14.3. The largest absolute Gasteiger partial charge is 0.234 e. The molecule has 0 radical (unpaired) electrons. The van der Waals surface area contributed by atoms with Gasteiger partial charge in [0.2, 0.25) is 0 Å². The van der Waals surface area contributed by atoms with Crippen LogP contribution in [0.3, 0.4) is 0 Å². The molecule has 0 aliphatic heterocycles. The van der Waals surface area contributed by atoms with Gasteiger partial charge in [0.1, 0.15) is 11.0 Å². The van der Waals surface area contributed by atoms with Crippen LogP contribution >= 0.6 is 11.6 Å². The number of hydrogen-bond donors (Lipinski definition) is 0. The van der Waals surface area contributed by atoms with E-state index in [1.807, 2.05) is 39.8 Å². The van der Waals surface area contributed by atoms with Gasteiger partial charge in [-0.3, -0.25) is 0 Å². The fourth-order valence-electron chi connectivity index (χ4n) is 1.05. The van der Waals surface area contributed by atoms with Gasteiger partial charge in [-0.25, -0.2) is 4.21 Å². The van der Waals surface area contributed by atoms with Crippen LogP contribution in [-0.2, 0) is 11.0 Å². The molecule has 0 saturated carbocycles. The molecule has 2 nitrogen and oxygen atoms in total. The van der Waals surface area contributed by atoms with E-state index in [4.69, 9.17) is 11.6 Å². The van der Waals surface area contributed by atoms with Crippen LogP contribution in [-0.4, -0.2) is 15.2 Å². The quantitative estimate of drug-likeness (QED) is 0.746. The third-order valence-electron chi connectivity index (χ3n) is 2.04. The van der Waals surface area contributed by atoms with E-state index in [0.717, 1.165) is 11.1 Å². The van der Waals surface area contributed by atoms with Crippen molar-refractivity contribution in [2.45, 2.75) is 32.4 Å². The Balaban J connectivity index is 2.89. The molecule has 0 aromatic heterocycles. The third-order valence-corrected chi connectivity index (χ3v) is 3.62. The van der Waals surface area contributed by atoms with Crippen molar-refractivity contribution >= 4 is 28.8 Å². The predicted molar refractivity (Wildman–Crippen MR) is 71.7 cm³/mol. The Labute approximate surface area is 104 Å². The van der Waals surface area contributed by atoms with E-state index < -0.39 is 11.0 Å². The highest BCUT2D eigenvalue weighted by atomic mass is 35.5.